The summed E-state index contributed by atoms with van der Waals surface area (Å²) in [5.74, 6) is 2.20. The first-order chi connectivity index (χ1) is 11.6. The maximum Gasteiger partial charge on any atom is 0.191 e. The lowest BCUT2D eigenvalue weighted by Crippen LogP contribution is -2.41. The number of nitrogens with zero attached hydrogens (tertiary/aromatic N) is 2. The normalized spacial score (nSPS) is 12.6. The molecule has 0 spiro atoms. The van der Waals surface area contributed by atoms with Gasteiger partial charge in [0.1, 0.15) is 6.10 Å². The molecular weight excluding hydrogens is 324 g/mol. The maximum absolute atomic E-state index is 5.92. The van der Waals surface area contributed by atoms with Gasteiger partial charge in [0.25, 0.3) is 0 Å². The van der Waals surface area contributed by atoms with Gasteiger partial charge >= 0.3 is 0 Å². The smallest absolute Gasteiger partial charge is 0.191 e. The first kappa shape index (κ1) is 18.1. The molecule has 2 aromatic rings. The highest BCUT2D eigenvalue weighted by molar-refractivity contribution is 7.11. The minimum Gasteiger partial charge on any atom is -0.493 e. The molecule has 130 valence electrons. The Morgan fingerprint density at radius 2 is 2.04 bits per heavy atom. The summed E-state index contributed by atoms with van der Waals surface area (Å²) < 4.78 is 11.2. The van der Waals surface area contributed by atoms with Crippen molar-refractivity contribution in [3.63, 3.8) is 0 Å². The summed E-state index contributed by atoms with van der Waals surface area (Å²) in [6.45, 7) is 5.32. The molecule has 0 amide bonds. The molecule has 24 heavy (non-hydrogen) atoms. The minimum atomic E-state index is -0.0366. The highest BCUT2D eigenvalue weighted by Gasteiger charge is 2.09. The summed E-state index contributed by atoms with van der Waals surface area (Å²) in [5, 5.41) is 7.59. The molecule has 0 fully saturated rings. The van der Waals surface area contributed by atoms with Crippen LogP contribution in [0, 0.1) is 6.92 Å². The van der Waals surface area contributed by atoms with Gasteiger partial charge in [-0.05, 0) is 26.0 Å². The van der Waals surface area contributed by atoms with Gasteiger partial charge in [-0.3, -0.25) is 4.99 Å². The zero-order chi connectivity index (χ0) is 17.4. The van der Waals surface area contributed by atoms with Gasteiger partial charge in [-0.2, -0.15) is 0 Å². The van der Waals surface area contributed by atoms with Crippen molar-refractivity contribution in [2.24, 2.45) is 4.99 Å². The molecule has 1 atom stereocenters. The van der Waals surface area contributed by atoms with Crippen molar-refractivity contribution in [2.75, 3.05) is 20.7 Å². The van der Waals surface area contributed by atoms with Crippen molar-refractivity contribution in [1.29, 1.82) is 0 Å². The highest BCUT2D eigenvalue weighted by Crippen LogP contribution is 2.26. The third-order valence-electron chi connectivity index (χ3n) is 3.28. The first-order valence-electron chi connectivity index (χ1n) is 7.78. The fourth-order valence-corrected chi connectivity index (χ4v) is 2.83. The average Bonchev–Trinajstić information content (AvgIpc) is 3.01. The van der Waals surface area contributed by atoms with Gasteiger partial charge in [-0.15, -0.1) is 11.3 Å². The number of thiazole rings is 1. The van der Waals surface area contributed by atoms with E-state index in [1.54, 1.807) is 25.5 Å². The maximum atomic E-state index is 5.92. The van der Waals surface area contributed by atoms with Crippen LogP contribution in [-0.2, 0) is 6.54 Å². The van der Waals surface area contributed by atoms with E-state index in [2.05, 4.69) is 20.6 Å². The van der Waals surface area contributed by atoms with Gasteiger partial charge in [0, 0.05) is 18.1 Å². The molecule has 0 saturated heterocycles. The van der Waals surface area contributed by atoms with Crippen LogP contribution in [0.3, 0.4) is 0 Å². The Kier molecular flexibility index (Phi) is 6.87. The number of ether oxygens (including phenoxy) is 2. The summed E-state index contributed by atoms with van der Waals surface area (Å²) in [5.41, 5.74) is 0. The van der Waals surface area contributed by atoms with Gasteiger partial charge in [0.2, 0.25) is 0 Å². The number of hydrogen-bond donors (Lipinski definition) is 2. The summed E-state index contributed by atoms with van der Waals surface area (Å²) >= 11 is 1.68. The lowest BCUT2D eigenvalue weighted by molar-refractivity contribution is 0.213. The second-order valence-corrected chi connectivity index (χ2v) is 6.55. The van der Waals surface area contributed by atoms with Gasteiger partial charge in [-0.25, -0.2) is 4.98 Å². The summed E-state index contributed by atoms with van der Waals surface area (Å²) in [7, 11) is 3.39. The van der Waals surface area contributed by atoms with E-state index < -0.39 is 0 Å². The van der Waals surface area contributed by atoms with E-state index >= 15 is 0 Å². The number of para-hydroxylation sites is 2. The van der Waals surface area contributed by atoms with Crippen LogP contribution in [0.2, 0.25) is 0 Å². The second kappa shape index (κ2) is 9.12. The molecule has 0 radical (unpaired) electrons. The Morgan fingerprint density at radius 3 is 2.67 bits per heavy atom. The summed E-state index contributed by atoms with van der Waals surface area (Å²) in [6, 6.07) is 7.62. The van der Waals surface area contributed by atoms with Gasteiger partial charge in [-0.1, -0.05) is 12.1 Å². The number of aromatic nitrogens is 1. The molecule has 0 aliphatic rings. The largest absolute Gasteiger partial charge is 0.493 e. The van der Waals surface area contributed by atoms with Gasteiger partial charge in [0.05, 0.1) is 25.2 Å². The zero-order valence-electron chi connectivity index (χ0n) is 14.5. The lowest BCUT2D eigenvalue weighted by Gasteiger charge is -2.18. The monoisotopic (exact) mass is 348 g/mol. The summed E-state index contributed by atoms with van der Waals surface area (Å²) in [6.07, 6.45) is 1.85. The Morgan fingerprint density at radius 1 is 1.29 bits per heavy atom. The molecule has 0 bridgehead atoms. The van der Waals surface area contributed by atoms with Crippen LogP contribution in [-0.4, -0.2) is 37.7 Å². The lowest BCUT2D eigenvalue weighted by atomic mass is 10.3. The van der Waals surface area contributed by atoms with Crippen LogP contribution in [0.5, 0.6) is 11.5 Å². The molecule has 2 N–H and O–H groups in total. The van der Waals surface area contributed by atoms with E-state index in [-0.39, 0.29) is 6.10 Å². The van der Waals surface area contributed by atoms with Crippen molar-refractivity contribution in [2.45, 2.75) is 26.5 Å². The van der Waals surface area contributed by atoms with Crippen LogP contribution in [0.4, 0.5) is 0 Å². The van der Waals surface area contributed by atoms with Crippen molar-refractivity contribution in [3.05, 3.63) is 40.3 Å². The van der Waals surface area contributed by atoms with Crippen molar-refractivity contribution >= 4 is 17.3 Å². The Balaban J connectivity index is 1.79. The first-order valence-corrected chi connectivity index (χ1v) is 8.59. The SMILES string of the molecule is CN=C(NCc1cnc(C)s1)NCC(C)Oc1ccccc1OC. The molecule has 0 saturated carbocycles. The van der Waals surface area contributed by atoms with Crippen LogP contribution in [0.15, 0.2) is 35.5 Å². The number of guanidine groups is 1. The van der Waals surface area contributed by atoms with Crippen LogP contribution in [0.1, 0.15) is 16.8 Å². The number of methoxy groups -OCH3 is 1. The Bertz CT molecular complexity index is 672. The number of aryl methyl sites for hydroxylation is 1. The Hall–Kier alpha value is -2.28. The second-order valence-electron chi connectivity index (χ2n) is 5.23. The molecule has 7 heteroatoms. The van der Waals surface area contributed by atoms with E-state index in [4.69, 9.17) is 9.47 Å². The van der Waals surface area contributed by atoms with Gasteiger partial charge < -0.3 is 20.1 Å². The fraction of sp³-hybridized carbons (Fsp3) is 0.412. The van der Waals surface area contributed by atoms with E-state index in [0.29, 0.717) is 13.1 Å². The number of nitrogens with one attached hydrogen (secondary N) is 2. The zero-order valence-corrected chi connectivity index (χ0v) is 15.3. The standard InChI is InChI=1S/C17H24N4O2S/c1-12(23-16-8-6-5-7-15(16)22-4)9-20-17(18-3)21-11-14-10-19-13(2)24-14/h5-8,10,12H,9,11H2,1-4H3,(H2,18,20,21). The molecular formula is C17H24N4O2S. The molecule has 1 aromatic heterocycles. The number of aliphatic imine (C=N–C) groups is 1. The topological polar surface area (TPSA) is 67.8 Å². The third-order valence-corrected chi connectivity index (χ3v) is 4.19. The minimum absolute atomic E-state index is 0.0366. The van der Waals surface area contributed by atoms with E-state index in [1.807, 2.05) is 44.3 Å². The van der Waals surface area contributed by atoms with Crippen molar-refractivity contribution in [3.8, 4) is 11.5 Å². The molecule has 1 aromatic carbocycles. The van der Waals surface area contributed by atoms with E-state index in [1.165, 1.54) is 4.88 Å². The van der Waals surface area contributed by atoms with Crippen LogP contribution >= 0.6 is 11.3 Å². The number of benzene rings is 1. The average molecular weight is 348 g/mol. The Labute approximate surface area is 146 Å². The van der Waals surface area contributed by atoms with Crippen LogP contribution < -0.4 is 20.1 Å². The molecule has 6 nitrogen and oxygen atoms in total. The summed E-state index contributed by atoms with van der Waals surface area (Å²) in [4.78, 5) is 9.64. The van der Waals surface area contributed by atoms with Crippen molar-refractivity contribution < 1.29 is 9.47 Å². The predicted molar refractivity (Wildman–Crippen MR) is 98.1 cm³/mol. The van der Waals surface area contributed by atoms with Crippen LogP contribution in [0.25, 0.3) is 0 Å². The molecule has 1 heterocycles. The quantitative estimate of drug-likeness (QED) is 0.595. The number of rotatable bonds is 7. The van der Waals surface area contributed by atoms with E-state index in [9.17, 15) is 0 Å². The molecule has 0 aliphatic carbocycles. The fourth-order valence-electron chi connectivity index (χ4n) is 2.09. The van der Waals surface area contributed by atoms with Crippen molar-refractivity contribution in [1.82, 2.24) is 15.6 Å². The predicted octanol–water partition coefficient (Wildman–Crippen LogP) is 2.59. The molecule has 1 unspecified atom stereocenters. The van der Waals surface area contributed by atoms with E-state index in [0.717, 1.165) is 22.5 Å². The highest BCUT2D eigenvalue weighted by atomic mass is 32.1. The molecule has 0 aliphatic heterocycles. The molecule has 2 rings (SSSR count). The number of hydrogen-bond acceptors (Lipinski definition) is 5. The third kappa shape index (κ3) is 5.42. The van der Waals surface area contributed by atoms with Gasteiger partial charge in [0.15, 0.2) is 17.5 Å².